The summed E-state index contributed by atoms with van der Waals surface area (Å²) >= 11 is 3.30. The predicted octanol–water partition coefficient (Wildman–Crippen LogP) is 2.73. The molecule has 0 amide bonds. The maximum Gasteiger partial charge on any atom is 0.134 e. The highest BCUT2D eigenvalue weighted by Crippen LogP contribution is 2.32. The number of hydrogen-bond acceptors (Lipinski definition) is 3. The maximum absolute atomic E-state index is 13.0. The van der Waals surface area contributed by atoms with Crippen molar-refractivity contribution in [2.75, 3.05) is 13.7 Å². The van der Waals surface area contributed by atoms with Crippen molar-refractivity contribution in [2.45, 2.75) is 31.6 Å². The van der Waals surface area contributed by atoms with E-state index in [0.29, 0.717) is 16.3 Å². The third-order valence-corrected chi connectivity index (χ3v) is 3.78. The van der Waals surface area contributed by atoms with Gasteiger partial charge in [0.05, 0.1) is 4.47 Å². The average Bonchev–Trinajstić information content (AvgIpc) is 2.31. The lowest BCUT2D eigenvalue weighted by Gasteiger charge is -2.43. The van der Waals surface area contributed by atoms with E-state index in [1.165, 1.54) is 12.1 Å². The van der Waals surface area contributed by atoms with Gasteiger partial charge in [0.25, 0.3) is 0 Å². The third kappa shape index (κ3) is 2.84. The molecule has 5 heteroatoms. The Morgan fingerprint density at radius 3 is 2.89 bits per heavy atom. The largest absolute Gasteiger partial charge is 0.486 e. The molecule has 0 bridgehead atoms. The van der Waals surface area contributed by atoms with E-state index in [-0.39, 0.29) is 18.0 Å². The Labute approximate surface area is 115 Å². The minimum absolute atomic E-state index is 0.0146. The first-order valence-corrected chi connectivity index (χ1v) is 6.83. The van der Waals surface area contributed by atoms with Gasteiger partial charge in [-0.15, -0.1) is 0 Å². The smallest absolute Gasteiger partial charge is 0.134 e. The van der Waals surface area contributed by atoms with Crippen molar-refractivity contribution >= 4 is 15.9 Å². The lowest BCUT2D eigenvalue weighted by atomic mass is 9.85. The van der Waals surface area contributed by atoms with Crippen LogP contribution in [0.4, 0.5) is 4.39 Å². The molecule has 0 aliphatic heterocycles. The van der Waals surface area contributed by atoms with Crippen LogP contribution in [-0.2, 0) is 4.74 Å². The van der Waals surface area contributed by atoms with Crippen LogP contribution >= 0.6 is 15.9 Å². The van der Waals surface area contributed by atoms with Crippen molar-refractivity contribution < 1.29 is 13.9 Å². The molecule has 1 N–H and O–H groups in total. The number of methoxy groups -OCH3 is 1. The monoisotopic (exact) mass is 317 g/mol. The lowest BCUT2D eigenvalue weighted by molar-refractivity contribution is -0.0886. The highest BCUT2D eigenvalue weighted by Gasteiger charge is 2.42. The van der Waals surface area contributed by atoms with E-state index >= 15 is 0 Å². The molecule has 0 radical (unpaired) electrons. The van der Waals surface area contributed by atoms with Crippen molar-refractivity contribution in [1.29, 1.82) is 0 Å². The standard InChI is InChI=1S/C13H17BrFNO2/c1-3-16-10-7-12(13(10)17-2)18-11-5-4-8(15)6-9(11)14/h4-6,10,12-13,16H,3,7H2,1-2H3. The molecule has 1 aromatic carbocycles. The quantitative estimate of drug-likeness (QED) is 0.905. The van der Waals surface area contributed by atoms with Gasteiger partial charge in [-0.3, -0.25) is 0 Å². The van der Waals surface area contributed by atoms with E-state index in [0.717, 1.165) is 13.0 Å². The van der Waals surface area contributed by atoms with E-state index in [9.17, 15) is 4.39 Å². The molecule has 0 saturated heterocycles. The van der Waals surface area contributed by atoms with E-state index < -0.39 is 0 Å². The fraction of sp³-hybridized carbons (Fsp3) is 0.538. The average molecular weight is 318 g/mol. The summed E-state index contributed by atoms with van der Waals surface area (Å²) in [7, 11) is 1.68. The molecule has 0 aromatic heterocycles. The first-order valence-electron chi connectivity index (χ1n) is 6.03. The molecule has 3 nitrogen and oxygen atoms in total. The zero-order valence-corrected chi connectivity index (χ0v) is 12.0. The van der Waals surface area contributed by atoms with Gasteiger partial charge in [0.15, 0.2) is 0 Å². The van der Waals surface area contributed by atoms with Crippen molar-refractivity contribution in [3.8, 4) is 5.75 Å². The van der Waals surface area contributed by atoms with Gasteiger partial charge in [-0.25, -0.2) is 4.39 Å². The molecule has 1 aliphatic carbocycles. The van der Waals surface area contributed by atoms with Gasteiger partial charge in [0.1, 0.15) is 23.8 Å². The molecule has 0 heterocycles. The SMILES string of the molecule is CCNC1CC(Oc2ccc(F)cc2Br)C1OC. The molecule has 1 saturated carbocycles. The van der Waals surface area contributed by atoms with E-state index in [2.05, 4.69) is 28.2 Å². The summed E-state index contributed by atoms with van der Waals surface area (Å²) in [6, 6.07) is 4.76. The molecule has 1 fully saturated rings. The summed E-state index contributed by atoms with van der Waals surface area (Å²) in [6.07, 6.45) is 0.957. The molecule has 18 heavy (non-hydrogen) atoms. The van der Waals surface area contributed by atoms with Crippen LogP contribution in [0.25, 0.3) is 0 Å². The molecule has 1 aliphatic rings. The molecule has 3 unspecified atom stereocenters. The second-order valence-electron chi connectivity index (χ2n) is 4.33. The molecule has 100 valence electrons. The van der Waals surface area contributed by atoms with E-state index in [4.69, 9.17) is 9.47 Å². The normalized spacial score (nSPS) is 26.8. The molecule has 0 spiro atoms. The Bertz CT molecular complexity index is 416. The van der Waals surface area contributed by atoms with Gasteiger partial charge < -0.3 is 14.8 Å². The van der Waals surface area contributed by atoms with Gasteiger partial charge in [-0.05, 0) is 40.7 Å². The Kier molecular flexibility index (Phi) is 4.59. The third-order valence-electron chi connectivity index (χ3n) is 3.16. The number of halogens is 2. The Hall–Kier alpha value is -0.650. The summed E-state index contributed by atoms with van der Waals surface area (Å²) < 4.78 is 24.9. The minimum atomic E-state index is -0.281. The van der Waals surface area contributed by atoms with Crippen LogP contribution < -0.4 is 10.1 Å². The number of benzene rings is 1. The Morgan fingerprint density at radius 1 is 1.50 bits per heavy atom. The van der Waals surface area contributed by atoms with Crippen LogP contribution in [0, 0.1) is 5.82 Å². The van der Waals surface area contributed by atoms with Crippen molar-refractivity contribution in [3.05, 3.63) is 28.5 Å². The number of nitrogens with one attached hydrogen (secondary N) is 1. The fourth-order valence-corrected chi connectivity index (χ4v) is 2.65. The van der Waals surface area contributed by atoms with Crippen LogP contribution in [0.5, 0.6) is 5.75 Å². The zero-order valence-electron chi connectivity index (χ0n) is 10.5. The van der Waals surface area contributed by atoms with Gasteiger partial charge in [0.2, 0.25) is 0 Å². The van der Waals surface area contributed by atoms with Crippen molar-refractivity contribution in [3.63, 3.8) is 0 Å². The van der Waals surface area contributed by atoms with Gasteiger partial charge in [0, 0.05) is 19.6 Å². The number of ether oxygens (including phenoxy) is 2. The predicted molar refractivity (Wildman–Crippen MR) is 71.4 cm³/mol. The van der Waals surface area contributed by atoms with Crippen LogP contribution in [0.15, 0.2) is 22.7 Å². The van der Waals surface area contributed by atoms with E-state index in [1.807, 2.05) is 0 Å². The highest BCUT2D eigenvalue weighted by atomic mass is 79.9. The zero-order chi connectivity index (χ0) is 13.1. The van der Waals surface area contributed by atoms with Crippen LogP contribution in [-0.4, -0.2) is 31.9 Å². The van der Waals surface area contributed by atoms with Gasteiger partial charge in [-0.2, -0.15) is 0 Å². The van der Waals surface area contributed by atoms with Crippen molar-refractivity contribution in [2.24, 2.45) is 0 Å². The van der Waals surface area contributed by atoms with E-state index in [1.54, 1.807) is 13.2 Å². The summed E-state index contributed by atoms with van der Waals surface area (Å²) in [5.41, 5.74) is 0. The van der Waals surface area contributed by atoms with Crippen molar-refractivity contribution in [1.82, 2.24) is 5.32 Å². The maximum atomic E-state index is 13.0. The first-order chi connectivity index (χ1) is 8.65. The first kappa shape index (κ1) is 13.8. The van der Waals surface area contributed by atoms with Crippen LogP contribution in [0.1, 0.15) is 13.3 Å². The lowest BCUT2D eigenvalue weighted by Crippen LogP contribution is -2.60. The number of hydrogen-bond donors (Lipinski definition) is 1. The van der Waals surface area contributed by atoms with Crippen LogP contribution in [0.3, 0.4) is 0 Å². The summed E-state index contributed by atoms with van der Waals surface area (Å²) in [4.78, 5) is 0. The molecule has 3 atom stereocenters. The fourth-order valence-electron chi connectivity index (χ4n) is 2.21. The minimum Gasteiger partial charge on any atom is -0.486 e. The summed E-state index contributed by atoms with van der Waals surface area (Å²) in [5.74, 6) is 0.370. The molecule has 2 rings (SSSR count). The summed E-state index contributed by atoms with van der Waals surface area (Å²) in [5, 5.41) is 3.35. The molecule has 1 aromatic rings. The molecular formula is C13H17BrFNO2. The number of rotatable bonds is 5. The second-order valence-corrected chi connectivity index (χ2v) is 5.19. The Morgan fingerprint density at radius 2 is 2.28 bits per heavy atom. The van der Waals surface area contributed by atoms with Gasteiger partial charge in [-0.1, -0.05) is 6.92 Å². The summed E-state index contributed by atoms with van der Waals surface area (Å²) in [6.45, 7) is 2.98. The topological polar surface area (TPSA) is 30.5 Å². The van der Waals surface area contributed by atoms with Gasteiger partial charge >= 0.3 is 0 Å². The Balaban J connectivity index is 1.98. The molecular weight excluding hydrogens is 301 g/mol. The number of likely N-dealkylation sites (N-methyl/N-ethyl adjacent to an activating group) is 1. The highest BCUT2D eigenvalue weighted by molar-refractivity contribution is 9.10. The second kappa shape index (κ2) is 5.99. The van der Waals surface area contributed by atoms with Crippen LogP contribution in [0.2, 0.25) is 0 Å².